The molecule has 2 rings (SSSR count). The zero-order valence-electron chi connectivity index (χ0n) is 13.4. The Morgan fingerprint density at radius 1 is 1.08 bits per heavy atom. The van der Waals surface area contributed by atoms with E-state index in [2.05, 4.69) is 5.32 Å². The van der Waals surface area contributed by atoms with E-state index < -0.39 is 12.0 Å². The summed E-state index contributed by atoms with van der Waals surface area (Å²) in [6.07, 6.45) is 0. The minimum Gasteiger partial charge on any atom is -0.425 e. The molecule has 0 aliphatic rings. The second-order valence-electron chi connectivity index (χ2n) is 5.15. The van der Waals surface area contributed by atoms with Gasteiger partial charge in [-0.25, -0.2) is 9.59 Å². The summed E-state index contributed by atoms with van der Waals surface area (Å²) < 4.78 is 5.08. The van der Waals surface area contributed by atoms with Crippen LogP contribution in [0.2, 0.25) is 5.02 Å². The number of nitrogens with two attached hydrogens (primary N) is 1. The van der Waals surface area contributed by atoms with Crippen LogP contribution in [0.25, 0.3) is 0 Å². The van der Waals surface area contributed by atoms with Crippen LogP contribution in [-0.4, -0.2) is 36.4 Å². The molecule has 0 aromatic heterocycles. The summed E-state index contributed by atoms with van der Waals surface area (Å²) in [6.45, 7) is -0.260. The molecule has 0 unspecified atom stereocenters. The fourth-order valence-corrected chi connectivity index (χ4v) is 1.97. The Bertz CT molecular complexity index is 775. The van der Waals surface area contributed by atoms with E-state index in [1.807, 2.05) is 0 Å². The Morgan fingerprint density at radius 2 is 1.68 bits per heavy atom. The molecule has 0 fully saturated rings. The monoisotopic (exact) mass is 361 g/mol. The number of carbonyl (C=O) groups is 3. The second-order valence-corrected chi connectivity index (χ2v) is 5.59. The van der Waals surface area contributed by atoms with Gasteiger partial charge in [0, 0.05) is 23.3 Å². The van der Waals surface area contributed by atoms with Crippen molar-refractivity contribution in [1.82, 2.24) is 4.90 Å². The summed E-state index contributed by atoms with van der Waals surface area (Å²) in [5.74, 6) is -0.629. The summed E-state index contributed by atoms with van der Waals surface area (Å²) in [4.78, 5) is 35.6. The van der Waals surface area contributed by atoms with Gasteiger partial charge in [-0.1, -0.05) is 11.6 Å². The van der Waals surface area contributed by atoms with Gasteiger partial charge in [0.2, 0.25) is 0 Å². The maximum absolute atomic E-state index is 12.1. The Hall–Kier alpha value is -3.06. The highest BCUT2D eigenvalue weighted by molar-refractivity contribution is 6.30. The van der Waals surface area contributed by atoms with Crippen molar-refractivity contribution in [3.8, 4) is 5.75 Å². The molecule has 3 amide bonds. The third-order valence-corrected chi connectivity index (χ3v) is 3.44. The van der Waals surface area contributed by atoms with Crippen LogP contribution >= 0.6 is 11.6 Å². The van der Waals surface area contributed by atoms with Gasteiger partial charge in [-0.15, -0.1) is 0 Å². The zero-order chi connectivity index (χ0) is 18.4. The third kappa shape index (κ3) is 5.50. The van der Waals surface area contributed by atoms with Gasteiger partial charge in [-0.2, -0.15) is 0 Å². The Labute approximate surface area is 149 Å². The molecule has 0 heterocycles. The summed E-state index contributed by atoms with van der Waals surface area (Å²) in [7, 11) is 1.39. The predicted molar refractivity (Wildman–Crippen MR) is 93.7 cm³/mol. The fourth-order valence-electron chi connectivity index (χ4n) is 1.85. The van der Waals surface area contributed by atoms with Crippen molar-refractivity contribution in [2.75, 3.05) is 18.9 Å². The molecule has 2 aromatic rings. The lowest BCUT2D eigenvalue weighted by molar-refractivity contribution is -0.134. The number of benzene rings is 2. The number of nitrogens with one attached hydrogen (secondary N) is 1. The summed E-state index contributed by atoms with van der Waals surface area (Å²) in [5.41, 5.74) is 6.03. The minimum atomic E-state index is -0.725. The summed E-state index contributed by atoms with van der Waals surface area (Å²) in [6, 6.07) is 12.0. The molecule has 0 aliphatic carbocycles. The first-order chi connectivity index (χ1) is 11.8. The zero-order valence-corrected chi connectivity index (χ0v) is 14.1. The Morgan fingerprint density at radius 3 is 2.24 bits per heavy atom. The van der Waals surface area contributed by atoms with Crippen molar-refractivity contribution in [3.05, 3.63) is 59.1 Å². The van der Waals surface area contributed by atoms with Gasteiger partial charge >= 0.3 is 12.0 Å². The van der Waals surface area contributed by atoms with Crippen LogP contribution in [0.1, 0.15) is 10.4 Å². The van der Waals surface area contributed by atoms with E-state index in [9.17, 15) is 14.4 Å². The smallest absolute Gasteiger partial charge is 0.331 e. The molecule has 130 valence electrons. The number of hydrogen-bond donors (Lipinski definition) is 2. The number of hydrogen-bond acceptors (Lipinski definition) is 4. The number of amides is 3. The molecular formula is C17H16ClN3O4. The van der Waals surface area contributed by atoms with E-state index in [1.165, 1.54) is 19.2 Å². The van der Waals surface area contributed by atoms with Gasteiger partial charge in [-0.3, -0.25) is 4.79 Å². The number of anilines is 1. The van der Waals surface area contributed by atoms with E-state index in [0.29, 0.717) is 16.3 Å². The first-order valence-electron chi connectivity index (χ1n) is 7.23. The molecule has 2 aromatic carbocycles. The molecule has 8 heteroatoms. The molecular weight excluding hydrogens is 346 g/mol. The van der Waals surface area contributed by atoms with E-state index in [4.69, 9.17) is 22.1 Å². The van der Waals surface area contributed by atoms with E-state index in [0.717, 1.165) is 4.90 Å². The maximum Gasteiger partial charge on any atom is 0.331 e. The molecule has 0 atom stereocenters. The van der Waals surface area contributed by atoms with Crippen LogP contribution in [0, 0.1) is 0 Å². The number of halogens is 1. The number of carbonyl (C=O) groups excluding carboxylic acids is 3. The van der Waals surface area contributed by atoms with Crippen LogP contribution in [0.4, 0.5) is 10.5 Å². The third-order valence-electron chi connectivity index (χ3n) is 3.19. The van der Waals surface area contributed by atoms with Gasteiger partial charge in [0.15, 0.2) is 0 Å². The molecule has 0 saturated carbocycles. The predicted octanol–water partition coefficient (Wildman–Crippen LogP) is 2.51. The Balaban J connectivity index is 1.93. The van der Waals surface area contributed by atoms with E-state index >= 15 is 0 Å². The van der Waals surface area contributed by atoms with Gasteiger partial charge in [0.05, 0.1) is 0 Å². The lowest BCUT2D eigenvalue weighted by atomic mass is 10.2. The van der Waals surface area contributed by atoms with Crippen LogP contribution in [0.3, 0.4) is 0 Å². The van der Waals surface area contributed by atoms with Gasteiger partial charge in [0.25, 0.3) is 5.91 Å². The lowest BCUT2D eigenvalue weighted by Crippen LogP contribution is -2.37. The molecule has 25 heavy (non-hydrogen) atoms. The molecule has 3 N–H and O–H groups in total. The minimum absolute atomic E-state index is 0.260. The number of esters is 1. The first kappa shape index (κ1) is 18.3. The fraction of sp³-hybridized carbons (Fsp3) is 0.118. The molecule has 0 spiro atoms. The number of nitrogens with zero attached hydrogens (tertiary/aromatic N) is 1. The molecule has 0 bridgehead atoms. The average Bonchev–Trinajstić information content (AvgIpc) is 2.57. The number of likely N-dealkylation sites (N-methyl/N-ethyl adjacent to an activating group) is 1. The number of primary amides is 1. The highest BCUT2D eigenvalue weighted by Gasteiger charge is 2.12. The topological polar surface area (TPSA) is 102 Å². The molecule has 0 aliphatic heterocycles. The van der Waals surface area contributed by atoms with Crippen LogP contribution in [-0.2, 0) is 4.79 Å². The van der Waals surface area contributed by atoms with Crippen molar-refractivity contribution < 1.29 is 19.1 Å². The van der Waals surface area contributed by atoms with E-state index in [1.54, 1.807) is 36.4 Å². The van der Waals surface area contributed by atoms with Gasteiger partial charge in [-0.05, 0) is 48.5 Å². The highest BCUT2D eigenvalue weighted by atomic mass is 35.5. The van der Waals surface area contributed by atoms with Crippen molar-refractivity contribution in [3.63, 3.8) is 0 Å². The molecule has 7 nitrogen and oxygen atoms in total. The van der Waals surface area contributed by atoms with Crippen LogP contribution in [0.15, 0.2) is 48.5 Å². The van der Waals surface area contributed by atoms with Gasteiger partial charge < -0.3 is 20.7 Å². The summed E-state index contributed by atoms with van der Waals surface area (Å²) >= 11 is 5.78. The standard InChI is InChI=1S/C17H16ClN3O4/c1-21(17(19)24)10-15(22)25-14-8-6-13(7-9-14)20-16(23)11-2-4-12(18)5-3-11/h2-9H,10H2,1H3,(H2,19,24)(H,20,23). The van der Waals surface area contributed by atoms with E-state index in [-0.39, 0.29) is 18.2 Å². The number of ether oxygens (including phenoxy) is 1. The van der Waals surface area contributed by atoms with Crippen molar-refractivity contribution in [2.24, 2.45) is 5.73 Å². The normalized spacial score (nSPS) is 10.0. The summed E-state index contributed by atoms with van der Waals surface area (Å²) in [5, 5.41) is 3.26. The van der Waals surface area contributed by atoms with Crippen molar-refractivity contribution in [2.45, 2.75) is 0 Å². The van der Waals surface area contributed by atoms with Gasteiger partial charge in [0.1, 0.15) is 12.3 Å². The first-order valence-corrected chi connectivity index (χ1v) is 7.61. The SMILES string of the molecule is CN(CC(=O)Oc1ccc(NC(=O)c2ccc(Cl)cc2)cc1)C(N)=O. The van der Waals surface area contributed by atoms with Crippen molar-refractivity contribution in [1.29, 1.82) is 0 Å². The largest absolute Gasteiger partial charge is 0.425 e. The number of urea groups is 1. The molecule has 0 saturated heterocycles. The second kappa shape index (κ2) is 8.16. The van der Waals surface area contributed by atoms with Crippen LogP contribution < -0.4 is 15.8 Å². The highest BCUT2D eigenvalue weighted by Crippen LogP contribution is 2.17. The Kier molecular flexibility index (Phi) is 5.97. The molecule has 0 radical (unpaired) electrons. The van der Waals surface area contributed by atoms with Crippen molar-refractivity contribution >= 4 is 35.2 Å². The quantitative estimate of drug-likeness (QED) is 0.631. The average molecular weight is 362 g/mol. The van der Waals surface area contributed by atoms with Crippen LogP contribution in [0.5, 0.6) is 5.75 Å². The maximum atomic E-state index is 12.1. The number of rotatable bonds is 5. The lowest BCUT2D eigenvalue weighted by Gasteiger charge is -2.13.